The van der Waals surface area contributed by atoms with Crippen LogP contribution >= 0.6 is 11.6 Å². The summed E-state index contributed by atoms with van der Waals surface area (Å²) in [6, 6.07) is 18.0. The van der Waals surface area contributed by atoms with Crippen LogP contribution in [-0.4, -0.2) is 21.5 Å². The summed E-state index contributed by atoms with van der Waals surface area (Å²) in [4.78, 5) is 11.9. The molecule has 6 heteroatoms. The number of para-hydroxylation sites is 1. The predicted molar refractivity (Wildman–Crippen MR) is 111 cm³/mol. The van der Waals surface area contributed by atoms with Gasteiger partial charge in [0.25, 0.3) is 0 Å². The van der Waals surface area contributed by atoms with Crippen molar-refractivity contribution in [1.82, 2.24) is 15.0 Å². The Kier molecular flexibility index (Phi) is 5.21. The molecule has 2 aromatic carbocycles. The summed E-state index contributed by atoms with van der Waals surface area (Å²) in [5.41, 5.74) is 3.50. The summed E-state index contributed by atoms with van der Waals surface area (Å²) in [5.74, 6) is 1.56. The Morgan fingerprint density at radius 2 is 1.67 bits per heavy atom. The molecule has 4 rings (SSSR count). The van der Waals surface area contributed by atoms with E-state index < -0.39 is 0 Å². The van der Waals surface area contributed by atoms with Gasteiger partial charge in [0, 0.05) is 41.3 Å². The fourth-order valence-electron chi connectivity index (χ4n) is 3.04. The molecule has 0 atom stereocenters. The average Bonchev–Trinajstić information content (AvgIpc) is 3.11. The molecule has 0 aliphatic carbocycles. The minimum Gasteiger partial charge on any atom is -0.370 e. The van der Waals surface area contributed by atoms with Gasteiger partial charge in [-0.05, 0) is 29.7 Å². The fourth-order valence-corrected chi connectivity index (χ4v) is 3.24. The molecular formula is C21H20ClN5. The Hall–Kier alpha value is -3.05. The molecule has 0 spiro atoms. The van der Waals surface area contributed by atoms with Crippen molar-refractivity contribution in [3.05, 3.63) is 83.3 Å². The smallest absolute Gasteiger partial charge is 0.131 e. The Labute approximate surface area is 162 Å². The minimum atomic E-state index is 0.617. The number of hydrogen-bond donors (Lipinski definition) is 3. The first-order chi connectivity index (χ1) is 13.3. The average molecular weight is 378 g/mol. The summed E-state index contributed by atoms with van der Waals surface area (Å²) in [6.45, 7) is 1.41. The number of benzene rings is 2. The topological polar surface area (TPSA) is 65.6 Å². The molecule has 2 aromatic heterocycles. The summed E-state index contributed by atoms with van der Waals surface area (Å²) in [6.07, 6.45) is 4.54. The van der Waals surface area contributed by atoms with E-state index in [1.54, 1.807) is 6.33 Å². The lowest BCUT2D eigenvalue weighted by atomic mass is 10.1. The zero-order valence-electron chi connectivity index (χ0n) is 14.7. The van der Waals surface area contributed by atoms with Crippen LogP contribution in [0.1, 0.15) is 11.1 Å². The summed E-state index contributed by atoms with van der Waals surface area (Å²) in [5, 5.41) is 8.67. The molecule has 0 radical (unpaired) electrons. The first-order valence-electron chi connectivity index (χ1n) is 8.88. The third kappa shape index (κ3) is 4.20. The van der Waals surface area contributed by atoms with Gasteiger partial charge in [-0.1, -0.05) is 48.0 Å². The van der Waals surface area contributed by atoms with Gasteiger partial charge < -0.3 is 15.6 Å². The molecule has 5 nitrogen and oxygen atoms in total. The molecule has 136 valence electrons. The third-order valence-electron chi connectivity index (χ3n) is 4.46. The number of nitrogens with zero attached hydrogens (tertiary/aromatic N) is 2. The molecule has 0 aliphatic heterocycles. The van der Waals surface area contributed by atoms with E-state index in [1.807, 2.05) is 36.4 Å². The van der Waals surface area contributed by atoms with Gasteiger partial charge in [-0.25, -0.2) is 9.97 Å². The molecule has 0 aliphatic rings. The van der Waals surface area contributed by atoms with E-state index in [9.17, 15) is 0 Å². The highest BCUT2D eigenvalue weighted by molar-refractivity contribution is 6.31. The van der Waals surface area contributed by atoms with Crippen LogP contribution in [0.3, 0.4) is 0 Å². The summed E-state index contributed by atoms with van der Waals surface area (Å²) in [7, 11) is 0. The normalized spacial score (nSPS) is 10.9. The molecule has 3 N–H and O–H groups in total. The second kappa shape index (κ2) is 8.10. The maximum atomic E-state index is 6.19. The van der Waals surface area contributed by atoms with Crippen molar-refractivity contribution in [2.45, 2.75) is 13.0 Å². The fraction of sp³-hybridized carbons (Fsp3) is 0.143. The van der Waals surface area contributed by atoms with Gasteiger partial charge in [-0.15, -0.1) is 0 Å². The van der Waals surface area contributed by atoms with Crippen LogP contribution in [0.4, 0.5) is 11.6 Å². The van der Waals surface area contributed by atoms with Crippen LogP contribution in [0.15, 0.2) is 67.1 Å². The van der Waals surface area contributed by atoms with Gasteiger partial charge in [0.2, 0.25) is 0 Å². The molecule has 0 saturated carbocycles. The van der Waals surface area contributed by atoms with Crippen LogP contribution in [0.25, 0.3) is 10.9 Å². The highest BCUT2D eigenvalue weighted by Gasteiger charge is 2.04. The predicted octanol–water partition coefficient (Wildman–Crippen LogP) is 4.88. The first kappa shape index (κ1) is 17.4. The second-order valence-corrected chi connectivity index (χ2v) is 6.68. The van der Waals surface area contributed by atoms with E-state index in [0.29, 0.717) is 6.54 Å². The van der Waals surface area contributed by atoms with E-state index in [0.717, 1.165) is 35.2 Å². The van der Waals surface area contributed by atoms with E-state index in [2.05, 4.69) is 50.0 Å². The maximum absolute atomic E-state index is 6.19. The zero-order chi connectivity index (χ0) is 18.5. The lowest BCUT2D eigenvalue weighted by molar-refractivity contribution is 1.00. The van der Waals surface area contributed by atoms with Gasteiger partial charge in [-0.3, -0.25) is 0 Å². The molecule has 0 bridgehead atoms. The van der Waals surface area contributed by atoms with Gasteiger partial charge in [0.05, 0.1) is 0 Å². The standard InChI is InChI=1S/C21H20ClN5/c22-18-7-3-1-5-16(18)13-25-21-11-20(26-14-27-21)23-10-9-15-12-24-19-8-4-2-6-17(15)19/h1-8,11-12,14,24H,9-10,13H2,(H2,23,25,26,27). The number of nitrogens with one attached hydrogen (secondary N) is 3. The Bertz CT molecular complexity index is 1040. The number of hydrogen-bond acceptors (Lipinski definition) is 4. The number of anilines is 2. The van der Waals surface area contributed by atoms with Crippen LogP contribution in [0.2, 0.25) is 5.02 Å². The van der Waals surface area contributed by atoms with Gasteiger partial charge in [0.1, 0.15) is 18.0 Å². The maximum Gasteiger partial charge on any atom is 0.131 e. The quantitative estimate of drug-likeness (QED) is 0.429. The van der Waals surface area contributed by atoms with Crippen molar-refractivity contribution in [1.29, 1.82) is 0 Å². The van der Waals surface area contributed by atoms with Crippen molar-refractivity contribution in [2.75, 3.05) is 17.2 Å². The number of halogens is 1. The number of fused-ring (bicyclic) bond motifs is 1. The van der Waals surface area contributed by atoms with Crippen molar-refractivity contribution >= 4 is 34.1 Å². The van der Waals surface area contributed by atoms with E-state index in [1.165, 1.54) is 16.5 Å². The highest BCUT2D eigenvalue weighted by Crippen LogP contribution is 2.19. The molecule has 0 amide bonds. The van der Waals surface area contributed by atoms with Crippen LogP contribution in [-0.2, 0) is 13.0 Å². The van der Waals surface area contributed by atoms with E-state index in [4.69, 9.17) is 11.6 Å². The number of aromatic amines is 1. The number of aromatic nitrogens is 3. The van der Waals surface area contributed by atoms with Gasteiger partial charge in [0.15, 0.2) is 0 Å². The van der Waals surface area contributed by atoms with Crippen LogP contribution in [0.5, 0.6) is 0 Å². The van der Waals surface area contributed by atoms with Crippen molar-refractivity contribution in [3.8, 4) is 0 Å². The molecule has 0 unspecified atom stereocenters. The summed E-state index contributed by atoms with van der Waals surface area (Å²) < 4.78 is 0. The number of rotatable bonds is 7. The van der Waals surface area contributed by atoms with Gasteiger partial charge in [-0.2, -0.15) is 0 Å². The lowest BCUT2D eigenvalue weighted by Crippen LogP contribution is -2.08. The lowest BCUT2D eigenvalue weighted by Gasteiger charge is -2.09. The van der Waals surface area contributed by atoms with E-state index in [-0.39, 0.29) is 0 Å². The molecule has 27 heavy (non-hydrogen) atoms. The zero-order valence-corrected chi connectivity index (χ0v) is 15.5. The Morgan fingerprint density at radius 3 is 2.56 bits per heavy atom. The minimum absolute atomic E-state index is 0.617. The largest absolute Gasteiger partial charge is 0.370 e. The van der Waals surface area contributed by atoms with Gasteiger partial charge >= 0.3 is 0 Å². The second-order valence-electron chi connectivity index (χ2n) is 6.27. The Balaban J connectivity index is 1.34. The van der Waals surface area contributed by atoms with Crippen LogP contribution in [0, 0.1) is 0 Å². The first-order valence-corrected chi connectivity index (χ1v) is 9.25. The SMILES string of the molecule is Clc1ccccc1CNc1cc(NCCc2c[nH]c3ccccc23)ncn1. The van der Waals surface area contributed by atoms with Crippen molar-refractivity contribution in [2.24, 2.45) is 0 Å². The van der Waals surface area contributed by atoms with Crippen molar-refractivity contribution < 1.29 is 0 Å². The summed E-state index contributed by atoms with van der Waals surface area (Å²) >= 11 is 6.19. The Morgan fingerprint density at radius 1 is 0.889 bits per heavy atom. The molecule has 0 saturated heterocycles. The highest BCUT2D eigenvalue weighted by atomic mass is 35.5. The molecule has 0 fully saturated rings. The van der Waals surface area contributed by atoms with Crippen molar-refractivity contribution in [3.63, 3.8) is 0 Å². The molecular weight excluding hydrogens is 358 g/mol. The number of H-pyrrole nitrogens is 1. The van der Waals surface area contributed by atoms with E-state index >= 15 is 0 Å². The third-order valence-corrected chi connectivity index (χ3v) is 4.83. The van der Waals surface area contributed by atoms with Crippen LogP contribution < -0.4 is 10.6 Å². The monoisotopic (exact) mass is 377 g/mol. The molecule has 2 heterocycles. The molecule has 4 aromatic rings.